The van der Waals surface area contributed by atoms with E-state index in [-0.39, 0.29) is 16.9 Å². The van der Waals surface area contributed by atoms with E-state index in [9.17, 15) is 18.0 Å². The molecule has 158 valence electrons. The van der Waals surface area contributed by atoms with Crippen molar-refractivity contribution in [3.8, 4) is 11.5 Å². The molecule has 1 heterocycles. The Balaban J connectivity index is 1.84. The van der Waals surface area contributed by atoms with E-state index in [0.29, 0.717) is 27.1 Å². The van der Waals surface area contributed by atoms with Crippen molar-refractivity contribution in [2.75, 3.05) is 26.1 Å². The van der Waals surface area contributed by atoms with Crippen molar-refractivity contribution in [2.45, 2.75) is 13.3 Å². The van der Waals surface area contributed by atoms with Gasteiger partial charge in [0, 0.05) is 11.3 Å². The van der Waals surface area contributed by atoms with Crippen LogP contribution in [0.4, 0.5) is 5.69 Å². The third-order valence-corrected chi connectivity index (χ3v) is 6.55. The van der Waals surface area contributed by atoms with E-state index in [1.54, 1.807) is 55.5 Å². The molecule has 30 heavy (non-hydrogen) atoms. The summed E-state index contributed by atoms with van der Waals surface area (Å²) in [5.74, 6) is -0.127. The minimum Gasteiger partial charge on any atom is -0.497 e. The lowest BCUT2D eigenvalue weighted by Gasteiger charge is -2.16. The number of carbonyl (C=O) groups excluding carboxylic acids is 2. The van der Waals surface area contributed by atoms with Crippen LogP contribution in [0.5, 0.6) is 11.5 Å². The van der Waals surface area contributed by atoms with E-state index in [2.05, 4.69) is 5.32 Å². The number of anilines is 1. The van der Waals surface area contributed by atoms with Crippen LogP contribution >= 0.6 is 0 Å². The number of benzene rings is 2. The van der Waals surface area contributed by atoms with E-state index >= 15 is 0 Å². The van der Waals surface area contributed by atoms with Crippen molar-refractivity contribution in [3.63, 3.8) is 0 Å². The number of carbonyl (C=O) groups is 2. The lowest BCUT2D eigenvalue weighted by Crippen LogP contribution is -2.38. The molecule has 1 aliphatic heterocycles. The van der Waals surface area contributed by atoms with Gasteiger partial charge in [0.25, 0.3) is 15.9 Å². The van der Waals surface area contributed by atoms with Crippen molar-refractivity contribution in [1.29, 1.82) is 0 Å². The molecule has 2 aromatic rings. The van der Waals surface area contributed by atoms with Crippen molar-refractivity contribution < 1.29 is 27.5 Å². The molecule has 2 aromatic carbocycles. The Morgan fingerprint density at radius 2 is 1.50 bits per heavy atom. The fourth-order valence-electron chi connectivity index (χ4n) is 3.16. The number of rotatable bonds is 7. The maximum Gasteiger partial charge on any atom is 0.268 e. The molecule has 0 radical (unpaired) electrons. The van der Waals surface area contributed by atoms with Gasteiger partial charge in [0.15, 0.2) is 0 Å². The normalized spacial score (nSPS) is 15.3. The number of sulfonamides is 1. The first-order valence-corrected chi connectivity index (χ1v) is 10.6. The van der Waals surface area contributed by atoms with E-state index in [0.717, 1.165) is 0 Å². The number of nitrogens with one attached hydrogen (secondary N) is 1. The Morgan fingerprint density at radius 1 is 0.967 bits per heavy atom. The molecule has 0 bridgehead atoms. The van der Waals surface area contributed by atoms with Crippen molar-refractivity contribution in [3.05, 3.63) is 59.7 Å². The Labute approximate surface area is 175 Å². The lowest BCUT2D eigenvalue weighted by atomic mass is 10.1. The summed E-state index contributed by atoms with van der Waals surface area (Å²) < 4.78 is 37.0. The average molecular weight is 430 g/mol. The molecule has 0 saturated heterocycles. The van der Waals surface area contributed by atoms with Gasteiger partial charge in [0.05, 0.1) is 14.2 Å². The third kappa shape index (κ3) is 4.02. The minimum atomic E-state index is -4.17. The van der Waals surface area contributed by atoms with Crippen LogP contribution in [-0.4, -0.2) is 45.3 Å². The van der Waals surface area contributed by atoms with E-state index in [1.807, 2.05) is 0 Å². The molecule has 1 aliphatic rings. The van der Waals surface area contributed by atoms with E-state index in [4.69, 9.17) is 9.47 Å². The zero-order chi connectivity index (χ0) is 21.9. The van der Waals surface area contributed by atoms with Crippen LogP contribution in [0.3, 0.4) is 0 Å². The first-order chi connectivity index (χ1) is 14.3. The zero-order valence-electron chi connectivity index (χ0n) is 16.8. The van der Waals surface area contributed by atoms with Crippen LogP contribution in [0.1, 0.15) is 18.9 Å². The van der Waals surface area contributed by atoms with E-state index < -0.39 is 28.4 Å². The molecule has 0 fully saturated rings. The maximum atomic E-state index is 13.1. The molecule has 2 amide bonds. The number of nitrogens with zero attached hydrogens (tertiary/aromatic N) is 1. The molecule has 0 spiro atoms. The van der Waals surface area contributed by atoms with Gasteiger partial charge in [-0.2, -0.15) is 0 Å². The first kappa shape index (κ1) is 21.4. The van der Waals surface area contributed by atoms with Crippen molar-refractivity contribution in [1.82, 2.24) is 4.31 Å². The molecule has 1 N–H and O–H groups in total. The lowest BCUT2D eigenvalue weighted by molar-refractivity contribution is -0.126. The highest BCUT2D eigenvalue weighted by molar-refractivity contribution is 7.99. The fraction of sp³-hybridized carbons (Fsp3) is 0.238. The van der Waals surface area contributed by atoms with Gasteiger partial charge in [-0.25, -0.2) is 12.7 Å². The molecule has 0 atom stereocenters. The molecular formula is C21H22N2O6S. The summed E-state index contributed by atoms with van der Waals surface area (Å²) in [6.07, 6.45) is 0.218. The highest BCUT2D eigenvalue weighted by atomic mass is 32.2. The Kier molecular flexibility index (Phi) is 6.12. The smallest absolute Gasteiger partial charge is 0.268 e. The van der Waals surface area contributed by atoms with Crippen LogP contribution in [0.15, 0.2) is 54.1 Å². The van der Waals surface area contributed by atoms with Crippen molar-refractivity contribution in [2.24, 2.45) is 0 Å². The van der Waals surface area contributed by atoms with Gasteiger partial charge in [-0.15, -0.1) is 0 Å². The highest BCUT2D eigenvalue weighted by Gasteiger charge is 2.44. The van der Waals surface area contributed by atoms with Gasteiger partial charge in [0.2, 0.25) is 5.91 Å². The topological polar surface area (TPSA) is 102 Å². The van der Waals surface area contributed by atoms with Crippen LogP contribution < -0.4 is 14.8 Å². The molecule has 0 aliphatic carbocycles. The molecule has 0 unspecified atom stereocenters. The summed E-state index contributed by atoms with van der Waals surface area (Å²) in [6.45, 7) is 1.09. The molecule has 3 rings (SSSR count). The standard InChI is InChI=1S/C21H22N2O6S/c1-4-18-20(14-5-9-16(28-2)10-6-14)30(26,27)23(21(18)25)13-19(24)22-15-7-11-17(29-3)12-8-15/h5-12H,4,13H2,1-3H3,(H,22,24). The summed E-state index contributed by atoms with van der Waals surface area (Å²) in [5.41, 5.74) is 0.986. The fourth-order valence-corrected chi connectivity index (χ4v) is 4.98. The quantitative estimate of drug-likeness (QED) is 0.725. The predicted molar refractivity (Wildman–Crippen MR) is 112 cm³/mol. The van der Waals surface area contributed by atoms with Gasteiger partial charge in [-0.1, -0.05) is 6.92 Å². The summed E-state index contributed by atoms with van der Waals surface area (Å²) >= 11 is 0. The second kappa shape index (κ2) is 8.58. The van der Waals surface area contributed by atoms with Gasteiger partial charge in [0.1, 0.15) is 22.9 Å². The number of hydrogen-bond acceptors (Lipinski definition) is 6. The van der Waals surface area contributed by atoms with Gasteiger partial charge in [-0.3, -0.25) is 9.59 Å². The average Bonchev–Trinajstić information content (AvgIpc) is 2.94. The van der Waals surface area contributed by atoms with Crippen LogP contribution in [0.25, 0.3) is 4.91 Å². The summed E-state index contributed by atoms with van der Waals surface area (Å²) in [5, 5.41) is 2.59. The highest BCUT2D eigenvalue weighted by Crippen LogP contribution is 2.37. The number of amides is 2. The maximum absolute atomic E-state index is 13.1. The summed E-state index contributed by atoms with van der Waals surface area (Å²) in [7, 11) is -1.14. The minimum absolute atomic E-state index is 0.0742. The van der Waals surface area contributed by atoms with Gasteiger partial charge in [-0.05, 0) is 60.5 Å². The van der Waals surface area contributed by atoms with Crippen LogP contribution in [0.2, 0.25) is 0 Å². The summed E-state index contributed by atoms with van der Waals surface area (Å²) in [6, 6.07) is 13.0. The Morgan fingerprint density at radius 3 is 2.00 bits per heavy atom. The largest absolute Gasteiger partial charge is 0.497 e. The second-order valence-corrected chi connectivity index (χ2v) is 8.28. The molecular weight excluding hydrogens is 408 g/mol. The predicted octanol–water partition coefficient (Wildman–Crippen LogP) is 2.64. The molecule has 8 nitrogen and oxygen atoms in total. The zero-order valence-corrected chi connectivity index (χ0v) is 17.7. The SMILES string of the molecule is CCC1=C(c2ccc(OC)cc2)S(=O)(=O)N(CC(=O)Nc2ccc(OC)cc2)C1=O. The van der Waals surface area contributed by atoms with Gasteiger partial charge >= 0.3 is 0 Å². The number of hydrogen-bond donors (Lipinski definition) is 1. The van der Waals surface area contributed by atoms with Crippen LogP contribution in [-0.2, 0) is 19.6 Å². The van der Waals surface area contributed by atoms with Gasteiger partial charge < -0.3 is 14.8 Å². The molecule has 0 saturated carbocycles. The Hall–Kier alpha value is -3.33. The van der Waals surface area contributed by atoms with Crippen molar-refractivity contribution >= 4 is 32.4 Å². The first-order valence-electron chi connectivity index (χ1n) is 9.20. The molecule has 9 heteroatoms. The van der Waals surface area contributed by atoms with E-state index in [1.165, 1.54) is 14.2 Å². The third-order valence-electron chi connectivity index (χ3n) is 4.67. The van der Waals surface area contributed by atoms with Crippen LogP contribution in [0, 0.1) is 0 Å². The second-order valence-electron chi connectivity index (χ2n) is 6.48. The summed E-state index contributed by atoms with van der Waals surface area (Å²) in [4.78, 5) is 25.2. The number of ether oxygens (including phenoxy) is 2. The Bertz CT molecular complexity index is 1090. The number of methoxy groups -OCH3 is 2. The monoisotopic (exact) mass is 430 g/mol. The molecule has 0 aromatic heterocycles.